The molecule has 5 N–H and O–H groups in total. The van der Waals surface area contributed by atoms with Crippen LogP contribution in [0.5, 0.6) is 0 Å². The fourth-order valence-electron chi connectivity index (χ4n) is 4.26. The molecule has 0 aliphatic rings. The van der Waals surface area contributed by atoms with Gasteiger partial charge in [-0.05, 0) is 36.5 Å². The van der Waals surface area contributed by atoms with Crippen LogP contribution in [0.3, 0.4) is 0 Å². The predicted molar refractivity (Wildman–Crippen MR) is 130 cm³/mol. The molecule has 4 atom stereocenters. The van der Waals surface area contributed by atoms with E-state index < -0.39 is 5.97 Å². The van der Waals surface area contributed by atoms with E-state index in [9.17, 15) is 9.59 Å². The van der Waals surface area contributed by atoms with Crippen LogP contribution in [0.4, 0.5) is 0 Å². The van der Waals surface area contributed by atoms with Crippen LogP contribution in [0.15, 0.2) is 0 Å². The lowest BCUT2D eigenvalue weighted by molar-refractivity contribution is -0.364. The predicted octanol–water partition coefficient (Wildman–Crippen LogP) is 5.43. The Balaban J connectivity index is 3.60. The molecule has 0 aliphatic carbocycles. The van der Waals surface area contributed by atoms with Gasteiger partial charge in [-0.25, -0.2) is 0 Å². The third-order valence-electron chi connectivity index (χ3n) is 6.65. The molecule has 0 fully saturated rings. The third kappa shape index (κ3) is 20.6. The van der Waals surface area contributed by atoms with Crippen LogP contribution in [-0.2, 0) is 9.59 Å². The molecule has 0 bridgehead atoms. The molecule has 4 unspecified atom stereocenters. The minimum atomic E-state index is -0.672. The molecule has 0 saturated heterocycles. The van der Waals surface area contributed by atoms with Crippen LogP contribution in [0.1, 0.15) is 118 Å². The zero-order valence-electron chi connectivity index (χ0n) is 21.1. The standard InChI is InChI=1S/C26H52N2O3/c1-21(11-7-13-23(3)15-17-25(29)28-20-19-27)9-5-6-10-22(2)12-8-14-24(4)16-18-26(30)31/h21-24H,5-20,27H2,1-4H3,(H,28,29)(H,30,31)/p+1. The maximum atomic E-state index is 11.7. The lowest BCUT2D eigenvalue weighted by Crippen LogP contribution is -2.54. The van der Waals surface area contributed by atoms with Gasteiger partial charge >= 0.3 is 5.97 Å². The number of rotatable bonds is 21. The van der Waals surface area contributed by atoms with Crippen LogP contribution in [0, 0.1) is 23.7 Å². The topological polar surface area (TPSA) is 94.0 Å². The number of quaternary nitrogens is 1. The van der Waals surface area contributed by atoms with E-state index in [0.717, 1.165) is 37.6 Å². The van der Waals surface area contributed by atoms with E-state index in [1.165, 1.54) is 57.8 Å². The van der Waals surface area contributed by atoms with Gasteiger partial charge in [-0.2, -0.15) is 0 Å². The summed E-state index contributed by atoms with van der Waals surface area (Å²) in [7, 11) is 0. The Morgan fingerprint density at radius 3 is 1.48 bits per heavy atom. The van der Waals surface area contributed by atoms with E-state index in [1.54, 1.807) is 0 Å². The third-order valence-corrected chi connectivity index (χ3v) is 6.65. The summed E-state index contributed by atoms with van der Waals surface area (Å²) in [6.07, 6.45) is 15.6. The van der Waals surface area contributed by atoms with Crippen LogP contribution in [-0.4, -0.2) is 30.1 Å². The molecule has 0 aromatic carbocycles. The first kappa shape index (κ1) is 29.9. The zero-order chi connectivity index (χ0) is 23.5. The minimum Gasteiger partial charge on any atom is -0.481 e. The summed E-state index contributed by atoms with van der Waals surface area (Å²) in [5.41, 5.74) is 3.74. The highest BCUT2D eigenvalue weighted by Gasteiger charge is 2.10. The Morgan fingerprint density at radius 2 is 1.06 bits per heavy atom. The van der Waals surface area contributed by atoms with Gasteiger partial charge in [-0.1, -0.05) is 91.9 Å². The molecule has 0 aliphatic heterocycles. The summed E-state index contributed by atoms with van der Waals surface area (Å²) in [5.74, 6) is 2.25. The summed E-state index contributed by atoms with van der Waals surface area (Å²) in [4.78, 5) is 22.3. The van der Waals surface area contributed by atoms with Crippen molar-refractivity contribution in [2.45, 2.75) is 118 Å². The Kier molecular flexibility index (Phi) is 18.9. The van der Waals surface area contributed by atoms with Gasteiger partial charge in [0.15, 0.2) is 0 Å². The van der Waals surface area contributed by atoms with Crippen molar-refractivity contribution in [2.24, 2.45) is 23.7 Å². The zero-order valence-corrected chi connectivity index (χ0v) is 21.1. The van der Waals surface area contributed by atoms with E-state index in [2.05, 4.69) is 38.7 Å². The fourth-order valence-corrected chi connectivity index (χ4v) is 4.26. The normalized spacial score (nSPS) is 15.3. The van der Waals surface area contributed by atoms with Crippen molar-refractivity contribution in [3.05, 3.63) is 0 Å². The molecule has 0 heterocycles. The maximum Gasteiger partial charge on any atom is 0.303 e. The van der Waals surface area contributed by atoms with Crippen LogP contribution in [0.25, 0.3) is 0 Å². The van der Waals surface area contributed by atoms with Crippen LogP contribution in [0.2, 0.25) is 0 Å². The first-order valence-corrected chi connectivity index (χ1v) is 13.0. The van der Waals surface area contributed by atoms with Gasteiger partial charge in [-0.3, -0.25) is 9.59 Å². The highest BCUT2D eigenvalue weighted by Crippen LogP contribution is 2.23. The second-order valence-corrected chi connectivity index (χ2v) is 10.2. The number of hydrogen-bond acceptors (Lipinski definition) is 2. The largest absolute Gasteiger partial charge is 0.481 e. The molecule has 1 amide bonds. The van der Waals surface area contributed by atoms with E-state index >= 15 is 0 Å². The van der Waals surface area contributed by atoms with E-state index in [0.29, 0.717) is 31.2 Å². The Labute approximate surface area is 192 Å². The van der Waals surface area contributed by atoms with E-state index in [-0.39, 0.29) is 5.91 Å². The van der Waals surface area contributed by atoms with Gasteiger partial charge in [0, 0.05) is 12.8 Å². The molecule has 184 valence electrons. The van der Waals surface area contributed by atoms with Crippen LogP contribution < -0.4 is 11.1 Å². The van der Waals surface area contributed by atoms with Crippen molar-refractivity contribution in [3.63, 3.8) is 0 Å². The summed E-state index contributed by atoms with van der Waals surface area (Å²) < 4.78 is 0. The van der Waals surface area contributed by atoms with Gasteiger partial charge in [-0.15, -0.1) is 0 Å². The number of nitrogens with one attached hydrogen (secondary N) is 1. The second kappa shape index (κ2) is 19.6. The number of amides is 1. The number of carbonyl (C=O) groups is 2. The number of carboxylic acid groups (broad SMARTS) is 1. The smallest absolute Gasteiger partial charge is 0.303 e. The molecule has 0 radical (unpaired) electrons. The molecular weight excluding hydrogens is 388 g/mol. The van der Waals surface area contributed by atoms with Gasteiger partial charge in [0.2, 0.25) is 5.91 Å². The Hall–Kier alpha value is -1.10. The molecular formula is C26H53N2O3+. The molecule has 0 aromatic heterocycles. The van der Waals surface area contributed by atoms with Crippen molar-refractivity contribution in [3.8, 4) is 0 Å². The first-order valence-electron chi connectivity index (χ1n) is 13.0. The van der Waals surface area contributed by atoms with Gasteiger partial charge in [0.25, 0.3) is 0 Å². The number of carboxylic acids is 1. The van der Waals surface area contributed by atoms with E-state index in [1.807, 2.05) is 0 Å². The summed E-state index contributed by atoms with van der Waals surface area (Å²) in [6, 6.07) is 0. The average molecular weight is 442 g/mol. The summed E-state index contributed by atoms with van der Waals surface area (Å²) in [5, 5.41) is 11.7. The van der Waals surface area contributed by atoms with Crippen LogP contribution >= 0.6 is 0 Å². The number of hydrogen-bond donors (Lipinski definition) is 3. The molecule has 31 heavy (non-hydrogen) atoms. The van der Waals surface area contributed by atoms with Crippen molar-refractivity contribution < 1.29 is 20.4 Å². The van der Waals surface area contributed by atoms with Crippen molar-refractivity contribution in [1.82, 2.24) is 5.32 Å². The van der Waals surface area contributed by atoms with Gasteiger partial charge in [0.1, 0.15) is 0 Å². The molecule has 0 rings (SSSR count). The van der Waals surface area contributed by atoms with Gasteiger partial charge in [0.05, 0.1) is 13.1 Å². The van der Waals surface area contributed by atoms with E-state index in [4.69, 9.17) is 5.11 Å². The fraction of sp³-hybridized carbons (Fsp3) is 0.923. The highest BCUT2D eigenvalue weighted by molar-refractivity contribution is 5.75. The van der Waals surface area contributed by atoms with Gasteiger partial charge < -0.3 is 16.2 Å². The second-order valence-electron chi connectivity index (χ2n) is 10.2. The molecule has 0 spiro atoms. The number of carbonyl (C=O) groups excluding carboxylic acids is 1. The summed E-state index contributed by atoms with van der Waals surface area (Å²) >= 11 is 0. The Morgan fingerprint density at radius 1 is 0.677 bits per heavy atom. The lowest BCUT2D eigenvalue weighted by atomic mass is 9.90. The lowest BCUT2D eigenvalue weighted by Gasteiger charge is -2.16. The Bertz CT molecular complexity index is 456. The monoisotopic (exact) mass is 441 g/mol. The molecule has 5 heteroatoms. The van der Waals surface area contributed by atoms with Crippen molar-refractivity contribution >= 4 is 11.9 Å². The summed E-state index contributed by atoms with van der Waals surface area (Å²) in [6.45, 7) is 10.7. The molecule has 0 aromatic rings. The van der Waals surface area contributed by atoms with Crippen molar-refractivity contribution in [1.29, 1.82) is 0 Å². The number of aliphatic carboxylic acids is 1. The first-order chi connectivity index (χ1) is 14.7. The molecule has 0 saturated carbocycles. The average Bonchev–Trinajstić information content (AvgIpc) is 2.72. The maximum absolute atomic E-state index is 11.7. The minimum absolute atomic E-state index is 0.172. The molecule has 5 nitrogen and oxygen atoms in total. The van der Waals surface area contributed by atoms with Crippen molar-refractivity contribution in [2.75, 3.05) is 13.1 Å². The number of unbranched alkanes of at least 4 members (excludes halogenated alkanes) is 1. The SMILES string of the molecule is CC(CCCCC(C)CCCC(C)CCC(=O)NCC[NH3+])CCCC(C)CCC(=O)O. The quantitative estimate of drug-likeness (QED) is 0.207. The highest BCUT2D eigenvalue weighted by atomic mass is 16.4.